The van der Waals surface area contributed by atoms with Crippen LogP contribution in [0.25, 0.3) is 32.9 Å². The SMILES string of the molecule is CCn1ccc2c(N3CCCn4c(c(CCCOc5cc(C)c(Cl)c(C)c5)c5ccc(Cl)c(-c6c(C)nn(C)c6C)c54)C3=O)cc(C(=O)O)cc21. The molecule has 0 saturated carbocycles. The number of carbonyl (C=O) groups excluding carboxylic acids is 1. The highest BCUT2D eigenvalue weighted by molar-refractivity contribution is 6.35. The molecule has 1 amide bonds. The normalized spacial score (nSPS) is 13.3. The molecule has 0 aliphatic carbocycles. The Morgan fingerprint density at radius 1 is 0.980 bits per heavy atom. The lowest BCUT2D eigenvalue weighted by atomic mass is 9.98. The predicted octanol–water partition coefficient (Wildman–Crippen LogP) is 9.32. The molecular formula is C40H41Cl2N5O4. The Kier molecular flexibility index (Phi) is 9.14. The first-order valence-electron chi connectivity index (χ1n) is 17.3. The lowest BCUT2D eigenvalue weighted by molar-refractivity contribution is 0.0696. The van der Waals surface area contributed by atoms with Crippen LogP contribution in [0.1, 0.15) is 68.7 Å². The standard InChI is InChI=1S/C40H41Cl2N5O4/c1-7-45-16-13-30-32(45)20-26(40(49)50)21-33(30)46-14-9-15-47-37-29(11-12-31(41)35(37)34-24(4)43-44(6)25(34)5)28(38(47)39(46)48)10-8-17-51-27-18-22(2)36(42)23(3)19-27/h11-13,16,18-21H,7-10,14-15,17H2,1-6H3,(H,49,50). The van der Waals surface area contributed by atoms with Crippen LogP contribution in [0.5, 0.6) is 5.75 Å². The molecule has 0 atom stereocenters. The van der Waals surface area contributed by atoms with Crippen molar-refractivity contribution in [2.75, 3.05) is 18.1 Å². The molecule has 0 spiro atoms. The smallest absolute Gasteiger partial charge is 0.335 e. The highest BCUT2D eigenvalue weighted by atomic mass is 35.5. The molecule has 3 aromatic carbocycles. The minimum atomic E-state index is -1.04. The quantitative estimate of drug-likeness (QED) is 0.150. The average molecular weight is 727 g/mol. The number of aryl methyl sites for hydroxylation is 7. The number of aromatic nitrogens is 4. The molecule has 0 unspecified atom stereocenters. The van der Waals surface area contributed by atoms with Gasteiger partial charge in [-0.2, -0.15) is 5.10 Å². The van der Waals surface area contributed by atoms with Crippen LogP contribution in [-0.2, 0) is 26.6 Å². The number of nitrogens with zero attached hydrogens (tertiary/aromatic N) is 5. The van der Waals surface area contributed by atoms with Crippen molar-refractivity contribution >= 4 is 62.6 Å². The van der Waals surface area contributed by atoms with Crippen LogP contribution in [0, 0.1) is 27.7 Å². The van der Waals surface area contributed by atoms with Gasteiger partial charge in [-0.3, -0.25) is 9.48 Å². The first kappa shape index (κ1) is 34.7. The molecule has 0 saturated heterocycles. The van der Waals surface area contributed by atoms with Gasteiger partial charge in [0, 0.05) is 65.5 Å². The lowest BCUT2D eigenvalue weighted by Gasteiger charge is -2.23. The van der Waals surface area contributed by atoms with Crippen molar-refractivity contribution < 1.29 is 19.4 Å². The molecular weight excluding hydrogens is 685 g/mol. The van der Waals surface area contributed by atoms with E-state index < -0.39 is 5.97 Å². The van der Waals surface area contributed by atoms with Gasteiger partial charge in [-0.15, -0.1) is 0 Å². The summed E-state index contributed by atoms with van der Waals surface area (Å²) < 4.78 is 12.2. The van der Waals surface area contributed by atoms with E-state index in [0.29, 0.717) is 61.9 Å². The fourth-order valence-corrected chi connectivity index (χ4v) is 8.12. The number of hydrogen-bond donors (Lipinski definition) is 1. The molecule has 1 N–H and O–H groups in total. The number of ether oxygens (including phenoxy) is 1. The van der Waals surface area contributed by atoms with Gasteiger partial charge in [-0.1, -0.05) is 29.3 Å². The van der Waals surface area contributed by atoms with E-state index >= 15 is 4.79 Å². The number of carboxylic acid groups (broad SMARTS) is 1. The minimum absolute atomic E-state index is 0.144. The van der Waals surface area contributed by atoms with Crippen molar-refractivity contribution in [1.82, 2.24) is 18.9 Å². The van der Waals surface area contributed by atoms with Gasteiger partial charge in [-0.05, 0) is 107 Å². The molecule has 7 rings (SSSR count). The first-order chi connectivity index (χ1) is 24.4. The van der Waals surface area contributed by atoms with E-state index in [2.05, 4.69) is 4.57 Å². The van der Waals surface area contributed by atoms with E-state index in [0.717, 1.165) is 71.8 Å². The van der Waals surface area contributed by atoms with Crippen LogP contribution in [0.3, 0.4) is 0 Å². The summed E-state index contributed by atoms with van der Waals surface area (Å²) in [4.78, 5) is 29.2. The molecule has 0 radical (unpaired) electrons. The van der Waals surface area contributed by atoms with E-state index in [1.165, 1.54) is 0 Å². The molecule has 9 nitrogen and oxygen atoms in total. The van der Waals surface area contributed by atoms with Gasteiger partial charge in [0.05, 0.1) is 39.6 Å². The topological polar surface area (TPSA) is 94.5 Å². The van der Waals surface area contributed by atoms with Gasteiger partial charge >= 0.3 is 5.97 Å². The van der Waals surface area contributed by atoms with Crippen molar-refractivity contribution in [3.63, 3.8) is 0 Å². The number of amides is 1. The number of halogens is 2. The lowest BCUT2D eigenvalue weighted by Crippen LogP contribution is -2.32. The fourth-order valence-electron chi connectivity index (χ4n) is 7.76. The molecule has 1 aliphatic heterocycles. The third-order valence-corrected chi connectivity index (χ3v) is 11.2. The minimum Gasteiger partial charge on any atom is -0.494 e. The first-order valence-corrected chi connectivity index (χ1v) is 18.1. The van der Waals surface area contributed by atoms with E-state index in [1.807, 2.05) is 87.4 Å². The van der Waals surface area contributed by atoms with Crippen LogP contribution in [0.15, 0.2) is 48.7 Å². The molecule has 6 aromatic rings. The van der Waals surface area contributed by atoms with E-state index in [9.17, 15) is 9.90 Å². The highest BCUT2D eigenvalue weighted by Crippen LogP contribution is 2.44. The highest BCUT2D eigenvalue weighted by Gasteiger charge is 2.33. The molecule has 4 heterocycles. The van der Waals surface area contributed by atoms with Crippen LogP contribution >= 0.6 is 23.2 Å². The van der Waals surface area contributed by atoms with Crippen molar-refractivity contribution in [3.05, 3.63) is 98.0 Å². The summed E-state index contributed by atoms with van der Waals surface area (Å²) in [5.74, 6) is -0.444. The van der Waals surface area contributed by atoms with Gasteiger partial charge in [0.15, 0.2) is 0 Å². The van der Waals surface area contributed by atoms with Gasteiger partial charge < -0.3 is 23.9 Å². The number of carboxylic acids is 1. The average Bonchev–Trinajstić information content (AvgIpc) is 3.69. The number of benzene rings is 3. The largest absolute Gasteiger partial charge is 0.494 e. The molecule has 51 heavy (non-hydrogen) atoms. The number of rotatable bonds is 9. The van der Waals surface area contributed by atoms with Gasteiger partial charge in [0.25, 0.3) is 5.91 Å². The predicted molar refractivity (Wildman–Crippen MR) is 204 cm³/mol. The molecule has 3 aromatic heterocycles. The second-order valence-electron chi connectivity index (χ2n) is 13.4. The zero-order valence-electron chi connectivity index (χ0n) is 29.7. The van der Waals surface area contributed by atoms with E-state index in [4.69, 9.17) is 33.0 Å². The summed E-state index contributed by atoms with van der Waals surface area (Å²) >= 11 is 13.5. The van der Waals surface area contributed by atoms with Crippen molar-refractivity contribution in [2.45, 2.75) is 67.0 Å². The number of anilines is 1. The zero-order valence-corrected chi connectivity index (χ0v) is 31.2. The number of hydrogen-bond acceptors (Lipinski definition) is 4. The summed E-state index contributed by atoms with van der Waals surface area (Å²) in [6.45, 7) is 12.1. The Morgan fingerprint density at radius 2 is 1.73 bits per heavy atom. The number of aromatic carboxylic acids is 1. The Balaban J connectivity index is 1.39. The summed E-state index contributed by atoms with van der Waals surface area (Å²) in [5.41, 5.74) is 9.53. The molecule has 0 fully saturated rings. The van der Waals surface area contributed by atoms with Crippen LogP contribution < -0.4 is 9.64 Å². The maximum Gasteiger partial charge on any atom is 0.335 e. The Labute approximate surface area is 306 Å². The number of fused-ring (bicyclic) bond motifs is 4. The maximum absolute atomic E-state index is 15.1. The fraction of sp³-hybridized carbons (Fsp3) is 0.325. The maximum atomic E-state index is 15.1. The summed E-state index contributed by atoms with van der Waals surface area (Å²) in [6.07, 6.45) is 3.83. The zero-order chi connectivity index (χ0) is 36.3. The molecule has 264 valence electrons. The third kappa shape index (κ3) is 5.86. The van der Waals surface area contributed by atoms with Crippen molar-refractivity contribution in [3.8, 4) is 16.9 Å². The van der Waals surface area contributed by atoms with Crippen LogP contribution in [-0.4, -0.2) is 49.0 Å². The van der Waals surface area contributed by atoms with Crippen molar-refractivity contribution in [1.29, 1.82) is 0 Å². The van der Waals surface area contributed by atoms with Gasteiger partial charge in [0.2, 0.25) is 0 Å². The van der Waals surface area contributed by atoms with Crippen molar-refractivity contribution in [2.24, 2.45) is 7.05 Å². The van der Waals surface area contributed by atoms with Gasteiger partial charge in [0.1, 0.15) is 11.4 Å². The van der Waals surface area contributed by atoms with Crippen LogP contribution in [0.4, 0.5) is 5.69 Å². The molecule has 11 heteroatoms. The Hall–Kier alpha value is -4.73. The van der Waals surface area contributed by atoms with E-state index in [-0.39, 0.29) is 11.5 Å². The van der Waals surface area contributed by atoms with Crippen LogP contribution in [0.2, 0.25) is 10.0 Å². The Bertz CT molecular complexity index is 2360. The van der Waals surface area contributed by atoms with Gasteiger partial charge in [-0.25, -0.2) is 4.79 Å². The monoisotopic (exact) mass is 725 g/mol. The molecule has 1 aliphatic rings. The second kappa shape index (κ2) is 13.4. The third-order valence-electron chi connectivity index (χ3n) is 10.2. The summed E-state index contributed by atoms with van der Waals surface area (Å²) in [5, 5.41) is 17.9. The summed E-state index contributed by atoms with van der Waals surface area (Å²) in [7, 11) is 1.92. The number of carbonyl (C=O) groups is 2. The Morgan fingerprint density at radius 3 is 2.39 bits per heavy atom. The second-order valence-corrected chi connectivity index (χ2v) is 14.2. The summed E-state index contributed by atoms with van der Waals surface area (Å²) in [6, 6.07) is 13.1. The molecule has 0 bridgehead atoms. The van der Waals surface area contributed by atoms with E-state index in [1.54, 1.807) is 17.0 Å².